The van der Waals surface area contributed by atoms with Gasteiger partial charge in [-0.3, -0.25) is 19.1 Å². The van der Waals surface area contributed by atoms with Crippen LogP contribution in [0, 0.1) is 0 Å². The van der Waals surface area contributed by atoms with Crippen molar-refractivity contribution in [2.75, 3.05) is 18.9 Å². The molecular weight excluding hydrogens is 562 g/mol. The zero-order valence-electron chi connectivity index (χ0n) is 20.1. The van der Waals surface area contributed by atoms with Crippen LogP contribution in [0.4, 0.5) is 10.3 Å². The smallest absolute Gasteiger partial charge is 0.394 e. The van der Waals surface area contributed by atoms with Crippen molar-refractivity contribution in [3.63, 3.8) is 0 Å². The van der Waals surface area contributed by atoms with Gasteiger partial charge in [0.05, 0.1) is 25.4 Å². The summed E-state index contributed by atoms with van der Waals surface area (Å²) in [5, 5.41) is 27.3. The predicted molar refractivity (Wildman–Crippen MR) is 127 cm³/mol. The van der Waals surface area contributed by atoms with Crippen molar-refractivity contribution in [1.82, 2.24) is 44.5 Å². The fourth-order valence-corrected chi connectivity index (χ4v) is 5.30. The van der Waals surface area contributed by atoms with Gasteiger partial charge in [0.2, 0.25) is 5.95 Å². The number of nitrogens with zero attached hydrogens (tertiary/aromatic N) is 7. The summed E-state index contributed by atoms with van der Waals surface area (Å²) in [6.45, 7) is -0.924. The number of aromatic nitrogens is 9. The van der Waals surface area contributed by atoms with Gasteiger partial charge in [-0.1, -0.05) is 5.21 Å². The van der Waals surface area contributed by atoms with Crippen molar-refractivity contribution in [2.45, 2.75) is 49.5 Å². The van der Waals surface area contributed by atoms with Gasteiger partial charge in [-0.15, -0.1) is 14.1 Å². The lowest BCUT2D eigenvalue weighted by atomic mass is 10.1. The first-order valence-corrected chi connectivity index (χ1v) is 12.9. The minimum absolute atomic E-state index is 0.0210. The number of nitrogens with one attached hydrogen (secondary N) is 2. The van der Waals surface area contributed by atoms with Crippen LogP contribution in [0.15, 0.2) is 22.2 Å². The minimum atomic E-state index is -2.88. The van der Waals surface area contributed by atoms with E-state index < -0.39 is 69.0 Å². The molecule has 2 aliphatic heterocycles. The topological polar surface area (TPSA) is 260 Å². The van der Waals surface area contributed by atoms with E-state index in [-0.39, 0.29) is 41.3 Å². The lowest BCUT2D eigenvalue weighted by Crippen LogP contribution is -2.31. The minimum Gasteiger partial charge on any atom is -0.394 e. The Morgan fingerprint density at radius 2 is 2.02 bits per heavy atom. The summed E-state index contributed by atoms with van der Waals surface area (Å²) in [6, 6.07) is 0. The van der Waals surface area contributed by atoms with Gasteiger partial charge in [0, 0.05) is 11.0 Å². The molecule has 0 saturated carbocycles. The maximum atomic E-state index is 14.9. The molecule has 6 rings (SSSR count). The number of aromatic amines is 2. The molecule has 0 aromatic carbocycles. The Morgan fingerprint density at radius 1 is 1.20 bits per heavy atom. The standard InChI is InChI=1S/C19H20FN10O9P/c20-9-12(32)8(38-18(9)30-13-11(27-28-30)15(33)23-4-22-13)3-36-40(35)39-7-1-6(2-31)37-17(7)29-5-24-10-14(29)25-19(21)26-16(10)34/h4-9,12,17-18,31-32H,1-3H2,(H3-,21,22,23,25,26,28,33,34)/p+1/t6-,7+,8+,9-,12+,17+,18+/m0/s1. The highest BCUT2D eigenvalue weighted by atomic mass is 31.1. The van der Waals surface area contributed by atoms with Crippen molar-refractivity contribution in [3.05, 3.63) is 33.4 Å². The second-order valence-corrected chi connectivity index (χ2v) is 9.86. The number of anilines is 1. The predicted octanol–water partition coefficient (Wildman–Crippen LogP) is -1.83. The zero-order chi connectivity index (χ0) is 28.1. The van der Waals surface area contributed by atoms with Crippen LogP contribution in [0.25, 0.3) is 22.3 Å². The maximum absolute atomic E-state index is 14.9. The van der Waals surface area contributed by atoms with Gasteiger partial charge in [0.15, 0.2) is 47.1 Å². The molecule has 0 spiro atoms. The number of halogens is 1. The van der Waals surface area contributed by atoms with Gasteiger partial charge in [-0.2, -0.15) is 9.67 Å². The van der Waals surface area contributed by atoms with E-state index in [0.29, 0.717) is 0 Å². The number of aliphatic hydroxyl groups excluding tert-OH is 2. The first-order valence-electron chi connectivity index (χ1n) is 11.8. The zero-order valence-corrected chi connectivity index (χ0v) is 21.0. The molecule has 0 aliphatic carbocycles. The Hall–Kier alpha value is -3.78. The summed E-state index contributed by atoms with van der Waals surface area (Å²) in [5.74, 6) is -0.163. The fraction of sp³-hybridized carbons (Fsp3) is 0.526. The van der Waals surface area contributed by atoms with Gasteiger partial charge in [-0.25, -0.2) is 14.4 Å². The number of ether oxygens (including phenoxy) is 2. The summed E-state index contributed by atoms with van der Waals surface area (Å²) in [5.41, 5.74) is 4.32. The monoisotopic (exact) mass is 583 g/mol. The first-order chi connectivity index (χ1) is 19.2. The molecule has 4 aromatic heterocycles. The van der Waals surface area contributed by atoms with Crippen molar-refractivity contribution in [1.29, 1.82) is 0 Å². The molecule has 2 saturated heterocycles. The maximum Gasteiger partial charge on any atom is 0.697 e. The van der Waals surface area contributed by atoms with Crippen molar-refractivity contribution in [2.24, 2.45) is 0 Å². The van der Waals surface area contributed by atoms with E-state index in [1.165, 1.54) is 10.9 Å². The lowest BCUT2D eigenvalue weighted by molar-refractivity contribution is -0.0547. The Kier molecular flexibility index (Phi) is 6.82. The average molecular weight is 583 g/mol. The molecule has 0 amide bonds. The highest BCUT2D eigenvalue weighted by Crippen LogP contribution is 2.40. The Balaban J connectivity index is 1.14. The summed E-state index contributed by atoms with van der Waals surface area (Å²) < 4.78 is 52.0. The van der Waals surface area contributed by atoms with Crippen LogP contribution in [-0.4, -0.2) is 98.5 Å². The quantitative estimate of drug-likeness (QED) is 0.143. The van der Waals surface area contributed by atoms with Crippen molar-refractivity contribution in [3.8, 4) is 0 Å². The normalized spacial score (nSPS) is 29.1. The Morgan fingerprint density at radius 3 is 2.83 bits per heavy atom. The van der Waals surface area contributed by atoms with E-state index >= 15 is 0 Å². The summed E-state index contributed by atoms with van der Waals surface area (Å²) in [7, 11) is -2.88. The first kappa shape index (κ1) is 26.4. The molecule has 8 atom stereocenters. The van der Waals surface area contributed by atoms with Crippen LogP contribution < -0.4 is 16.9 Å². The average Bonchev–Trinajstić information content (AvgIpc) is 3.69. The van der Waals surface area contributed by atoms with Gasteiger partial charge in [-0.05, 0) is 0 Å². The molecule has 19 nitrogen and oxygen atoms in total. The van der Waals surface area contributed by atoms with Gasteiger partial charge >= 0.3 is 8.25 Å². The molecule has 40 heavy (non-hydrogen) atoms. The van der Waals surface area contributed by atoms with E-state index in [1.807, 2.05) is 0 Å². The number of hydrogen-bond acceptors (Lipinski definition) is 15. The van der Waals surface area contributed by atoms with E-state index in [1.54, 1.807) is 0 Å². The molecule has 21 heteroatoms. The van der Waals surface area contributed by atoms with Crippen LogP contribution in [0.1, 0.15) is 18.9 Å². The Labute approximate surface area is 221 Å². The number of nitrogens with two attached hydrogens (primary N) is 1. The van der Waals surface area contributed by atoms with Gasteiger partial charge < -0.3 is 30.4 Å². The lowest BCUT2D eigenvalue weighted by Gasteiger charge is -2.16. The number of fused-ring (bicyclic) bond motifs is 2. The molecule has 0 radical (unpaired) electrons. The van der Waals surface area contributed by atoms with E-state index in [0.717, 1.165) is 11.0 Å². The van der Waals surface area contributed by atoms with E-state index in [4.69, 9.17) is 24.3 Å². The third-order valence-electron chi connectivity index (χ3n) is 6.44. The van der Waals surface area contributed by atoms with Gasteiger partial charge in [0.1, 0.15) is 18.8 Å². The third kappa shape index (κ3) is 4.54. The van der Waals surface area contributed by atoms with E-state index in [9.17, 15) is 28.8 Å². The highest BCUT2D eigenvalue weighted by molar-refractivity contribution is 7.33. The molecule has 6 N–H and O–H groups in total. The molecular formula is C19H21FN10O9P+. The van der Waals surface area contributed by atoms with Crippen LogP contribution in [0.3, 0.4) is 0 Å². The third-order valence-corrected chi connectivity index (χ3v) is 7.24. The number of hydrogen-bond donors (Lipinski definition) is 5. The molecule has 6 heterocycles. The fourth-order valence-electron chi connectivity index (χ4n) is 4.56. The summed E-state index contributed by atoms with van der Waals surface area (Å²) >= 11 is 0. The van der Waals surface area contributed by atoms with Crippen molar-refractivity contribution >= 4 is 36.5 Å². The number of aliphatic hydroxyl groups is 2. The number of H-pyrrole nitrogens is 2. The van der Waals surface area contributed by atoms with Crippen LogP contribution >= 0.6 is 8.25 Å². The number of rotatable bonds is 8. The molecule has 4 aromatic rings. The largest absolute Gasteiger partial charge is 0.697 e. The second kappa shape index (κ2) is 10.3. The molecule has 2 aliphatic rings. The van der Waals surface area contributed by atoms with Crippen molar-refractivity contribution < 1.29 is 37.7 Å². The number of alkyl halides is 1. The van der Waals surface area contributed by atoms with Crippen LogP contribution in [-0.2, 0) is 23.1 Å². The molecule has 0 bridgehead atoms. The van der Waals surface area contributed by atoms with Gasteiger partial charge in [0.25, 0.3) is 11.1 Å². The molecule has 2 fully saturated rings. The second-order valence-electron chi connectivity index (χ2n) is 8.94. The molecule has 1 unspecified atom stereocenters. The number of nitrogen functional groups attached to an aromatic ring is 1. The summed E-state index contributed by atoms with van der Waals surface area (Å²) in [4.78, 5) is 40.6. The van der Waals surface area contributed by atoms with Crippen LogP contribution in [0.2, 0.25) is 0 Å². The van der Waals surface area contributed by atoms with Crippen LogP contribution in [0.5, 0.6) is 0 Å². The molecule has 212 valence electrons. The highest BCUT2D eigenvalue weighted by Gasteiger charge is 2.49. The number of imidazole rings is 1. The summed E-state index contributed by atoms with van der Waals surface area (Å²) in [6.07, 6.45) is -6.72. The van der Waals surface area contributed by atoms with E-state index in [2.05, 4.69) is 35.2 Å². The Bertz CT molecular complexity index is 1690. The SMILES string of the molecule is Nc1nc2c(ncn2[C@@H]2O[C@H](CO)C[C@H]2O[P+](=O)OC[C@H]2O[C@@H](n3nnc4c(=O)[nH]cnc43)[C@@H](F)[C@@H]2O)c(=O)[nH]1.